The lowest BCUT2D eigenvalue weighted by atomic mass is 10.2. The number of aryl methyl sites for hydroxylation is 2. The minimum absolute atomic E-state index is 0.244. The minimum Gasteiger partial charge on any atom is -0.345 e. The van der Waals surface area contributed by atoms with E-state index in [0.717, 1.165) is 0 Å². The van der Waals surface area contributed by atoms with Gasteiger partial charge in [-0.2, -0.15) is 0 Å². The summed E-state index contributed by atoms with van der Waals surface area (Å²) in [7, 11) is 1.46. The van der Waals surface area contributed by atoms with E-state index in [0.29, 0.717) is 5.69 Å². The first-order valence-corrected chi connectivity index (χ1v) is 4.23. The molecule has 0 bridgehead atoms. The van der Waals surface area contributed by atoms with Crippen LogP contribution < -0.4 is 0 Å². The first kappa shape index (κ1) is 10.0. The van der Waals surface area contributed by atoms with Crippen LogP contribution in [-0.2, 0) is 7.05 Å². The molecule has 0 saturated carbocycles. The van der Waals surface area contributed by atoms with Gasteiger partial charge in [-0.3, -0.25) is 0 Å². The molecule has 1 aromatic carbocycles. The van der Waals surface area contributed by atoms with Gasteiger partial charge in [-0.05, 0) is 13.0 Å². The molecule has 5 heteroatoms. The second-order valence-electron chi connectivity index (χ2n) is 3.36. The monoisotopic (exact) mass is 217 g/mol. The van der Waals surface area contributed by atoms with Crippen LogP contribution in [0.3, 0.4) is 0 Å². The first-order chi connectivity index (χ1) is 6.95. The van der Waals surface area contributed by atoms with Gasteiger partial charge in [0.05, 0.1) is 5.52 Å². The average molecular weight is 217 g/mol. The molecule has 0 N–H and O–H groups in total. The van der Waals surface area contributed by atoms with E-state index in [-0.39, 0.29) is 10.9 Å². The van der Waals surface area contributed by atoms with Crippen molar-refractivity contribution in [3.8, 4) is 0 Å². The second kappa shape index (κ2) is 2.98. The van der Waals surface area contributed by atoms with Crippen LogP contribution in [-0.4, -0.2) is 4.57 Å². The first-order valence-electron chi connectivity index (χ1n) is 4.23. The van der Waals surface area contributed by atoms with Gasteiger partial charge in [-0.15, -0.1) is 0 Å². The van der Waals surface area contributed by atoms with Gasteiger partial charge < -0.3 is 4.57 Å². The van der Waals surface area contributed by atoms with Crippen LogP contribution in [0.2, 0.25) is 0 Å². The maximum atomic E-state index is 13.3. The summed E-state index contributed by atoms with van der Waals surface area (Å²) in [5, 5.41) is -0.244. The van der Waals surface area contributed by atoms with Crippen LogP contribution in [0.1, 0.15) is 5.69 Å². The molecule has 0 aliphatic carbocycles. The largest absolute Gasteiger partial charge is 0.345 e. The summed E-state index contributed by atoms with van der Waals surface area (Å²) in [5.41, 5.74) is 0.261. The van der Waals surface area contributed by atoms with Crippen molar-refractivity contribution in [2.45, 2.75) is 6.92 Å². The fourth-order valence-electron chi connectivity index (χ4n) is 1.58. The number of nitrogens with zero attached hydrogens (tertiary/aromatic N) is 1. The molecule has 0 spiro atoms. The molecule has 0 atom stereocenters. The molecule has 0 aliphatic heterocycles. The minimum atomic E-state index is -1.78. The average Bonchev–Trinajstić information content (AvgIpc) is 2.50. The van der Waals surface area contributed by atoms with Crippen LogP contribution in [0.5, 0.6) is 0 Å². The molecule has 0 fully saturated rings. The highest BCUT2D eigenvalue weighted by molar-refractivity contribution is 5.82. The zero-order valence-electron chi connectivity index (χ0n) is 8.04. The van der Waals surface area contributed by atoms with Crippen molar-refractivity contribution < 1.29 is 17.6 Å². The van der Waals surface area contributed by atoms with Crippen LogP contribution >= 0.6 is 0 Å². The van der Waals surface area contributed by atoms with Crippen molar-refractivity contribution >= 4 is 10.9 Å². The van der Waals surface area contributed by atoms with Gasteiger partial charge in [-0.1, -0.05) is 0 Å². The van der Waals surface area contributed by atoms with E-state index < -0.39 is 23.3 Å². The maximum Gasteiger partial charge on any atom is 0.199 e. The van der Waals surface area contributed by atoms with E-state index in [1.54, 1.807) is 6.92 Å². The molecule has 0 aliphatic rings. The Bertz CT molecular complexity index is 557. The molecule has 0 amide bonds. The van der Waals surface area contributed by atoms with Crippen molar-refractivity contribution in [3.63, 3.8) is 0 Å². The molecule has 1 nitrogen and oxygen atoms in total. The molecule has 1 heterocycles. The predicted octanol–water partition coefficient (Wildman–Crippen LogP) is 3.04. The quantitative estimate of drug-likeness (QED) is 0.363. The van der Waals surface area contributed by atoms with E-state index in [4.69, 9.17) is 0 Å². The molecule has 0 saturated heterocycles. The Kier molecular flexibility index (Phi) is 1.99. The van der Waals surface area contributed by atoms with E-state index in [2.05, 4.69) is 0 Å². The Labute approximate surface area is 82.9 Å². The summed E-state index contributed by atoms with van der Waals surface area (Å²) in [6.45, 7) is 1.59. The van der Waals surface area contributed by atoms with Crippen molar-refractivity contribution in [2.24, 2.45) is 7.05 Å². The van der Waals surface area contributed by atoms with Gasteiger partial charge in [0.15, 0.2) is 23.3 Å². The smallest absolute Gasteiger partial charge is 0.199 e. The van der Waals surface area contributed by atoms with E-state index >= 15 is 0 Å². The van der Waals surface area contributed by atoms with Gasteiger partial charge in [0.1, 0.15) is 0 Å². The molecule has 0 unspecified atom stereocenters. The third-order valence-corrected chi connectivity index (χ3v) is 2.50. The van der Waals surface area contributed by atoms with Crippen LogP contribution in [0.25, 0.3) is 10.9 Å². The van der Waals surface area contributed by atoms with E-state index in [1.165, 1.54) is 17.7 Å². The van der Waals surface area contributed by atoms with Gasteiger partial charge in [-0.25, -0.2) is 17.6 Å². The third kappa shape index (κ3) is 1.15. The van der Waals surface area contributed by atoms with Crippen molar-refractivity contribution in [1.29, 1.82) is 0 Å². The lowest BCUT2D eigenvalue weighted by Crippen LogP contribution is -2.00. The number of halogens is 4. The van der Waals surface area contributed by atoms with E-state index in [1.807, 2.05) is 0 Å². The van der Waals surface area contributed by atoms with Gasteiger partial charge in [0.25, 0.3) is 0 Å². The highest BCUT2D eigenvalue weighted by Gasteiger charge is 2.22. The molecule has 0 radical (unpaired) electrons. The standard InChI is InChI=1S/C10H7F4N/c1-4-3-5-6(11)7(12)8(13)9(14)10(5)15(4)2/h3H,1-2H3. The Balaban J connectivity index is 3.07. The SMILES string of the molecule is Cc1cc2c(F)c(F)c(F)c(F)c2n1C. The Morgan fingerprint density at radius 2 is 1.47 bits per heavy atom. The summed E-state index contributed by atoms with van der Waals surface area (Å²) in [6, 6.07) is 1.27. The second-order valence-corrected chi connectivity index (χ2v) is 3.36. The number of fused-ring (bicyclic) bond motifs is 1. The fourth-order valence-corrected chi connectivity index (χ4v) is 1.58. The highest BCUT2D eigenvalue weighted by Crippen LogP contribution is 2.28. The summed E-state index contributed by atoms with van der Waals surface area (Å²) < 4.78 is 53.6. The molecule has 15 heavy (non-hydrogen) atoms. The number of aromatic nitrogens is 1. The van der Waals surface area contributed by atoms with E-state index in [9.17, 15) is 17.6 Å². The molecular formula is C10H7F4N. The predicted molar refractivity (Wildman–Crippen MR) is 47.5 cm³/mol. The zero-order valence-corrected chi connectivity index (χ0v) is 8.04. The van der Waals surface area contributed by atoms with Crippen LogP contribution in [0, 0.1) is 30.2 Å². The molecule has 80 valence electrons. The number of benzene rings is 1. The maximum absolute atomic E-state index is 13.3. The van der Waals surface area contributed by atoms with Crippen molar-refractivity contribution in [1.82, 2.24) is 4.57 Å². The lowest BCUT2D eigenvalue weighted by Gasteiger charge is -2.03. The summed E-state index contributed by atoms with van der Waals surface area (Å²) in [5.74, 6) is -6.26. The van der Waals surface area contributed by atoms with Crippen molar-refractivity contribution in [3.05, 3.63) is 35.0 Å². The van der Waals surface area contributed by atoms with Gasteiger partial charge >= 0.3 is 0 Å². The number of hydrogen-bond donors (Lipinski definition) is 0. The highest BCUT2D eigenvalue weighted by atomic mass is 19.2. The molecule has 2 aromatic rings. The summed E-state index contributed by atoms with van der Waals surface area (Å²) in [4.78, 5) is 0. The normalized spacial score (nSPS) is 11.3. The third-order valence-electron chi connectivity index (χ3n) is 2.50. The Morgan fingerprint density at radius 3 is 2.07 bits per heavy atom. The molecule has 1 aromatic heterocycles. The number of rotatable bonds is 0. The van der Waals surface area contributed by atoms with Gasteiger partial charge in [0, 0.05) is 18.1 Å². The topological polar surface area (TPSA) is 4.93 Å². The molecule has 2 rings (SSSR count). The van der Waals surface area contributed by atoms with Crippen LogP contribution in [0.15, 0.2) is 6.07 Å². The molecular weight excluding hydrogens is 210 g/mol. The number of hydrogen-bond acceptors (Lipinski definition) is 0. The fraction of sp³-hybridized carbons (Fsp3) is 0.200. The zero-order chi connectivity index (χ0) is 11.3. The van der Waals surface area contributed by atoms with Crippen LogP contribution in [0.4, 0.5) is 17.6 Å². The lowest BCUT2D eigenvalue weighted by molar-refractivity contribution is 0.416. The van der Waals surface area contributed by atoms with Crippen molar-refractivity contribution in [2.75, 3.05) is 0 Å². The summed E-state index contributed by atoms with van der Waals surface area (Å²) >= 11 is 0. The Hall–Kier alpha value is -1.52. The Morgan fingerprint density at radius 1 is 0.933 bits per heavy atom. The summed E-state index contributed by atoms with van der Waals surface area (Å²) in [6.07, 6.45) is 0. The van der Waals surface area contributed by atoms with Gasteiger partial charge in [0.2, 0.25) is 0 Å².